The van der Waals surface area contributed by atoms with Crippen LogP contribution in [-0.2, 0) is 22.0 Å². The number of nitrogens with zero attached hydrogens (tertiary/aromatic N) is 1. The van der Waals surface area contributed by atoms with E-state index in [2.05, 4.69) is 38.1 Å². The topological polar surface area (TPSA) is 37.4 Å². The smallest absolute Gasteiger partial charge is 0.223 e. The summed E-state index contributed by atoms with van der Waals surface area (Å²) in [7, 11) is 1.22. The number of rotatable bonds is 5. The Bertz CT molecular complexity index is 516. The second-order valence-electron chi connectivity index (χ2n) is 6.28. The second kappa shape index (κ2) is 7.91. The van der Waals surface area contributed by atoms with Crippen molar-refractivity contribution in [1.82, 2.24) is 4.90 Å². The van der Waals surface area contributed by atoms with Gasteiger partial charge in [0.2, 0.25) is 5.91 Å². The number of carbonyl (C=O) groups excluding carboxylic acids is 1. The fraction of sp³-hybridized carbons (Fsp3) is 0.611. The number of hydrogen-bond acceptors (Lipinski definition) is 2. The number of carbonyl (C=O) groups is 1. The fourth-order valence-corrected chi connectivity index (χ4v) is 4.25. The van der Waals surface area contributed by atoms with Gasteiger partial charge in [-0.3, -0.25) is 9.00 Å². The van der Waals surface area contributed by atoms with Crippen LogP contribution in [0.4, 0.5) is 0 Å². The molecule has 1 aliphatic rings. The van der Waals surface area contributed by atoms with Gasteiger partial charge in [0.25, 0.3) is 0 Å². The van der Waals surface area contributed by atoms with Crippen molar-refractivity contribution < 1.29 is 9.00 Å². The van der Waals surface area contributed by atoms with E-state index in [4.69, 9.17) is 0 Å². The second-order valence-corrected chi connectivity index (χ2v) is 7.98. The molecule has 1 saturated heterocycles. The van der Waals surface area contributed by atoms with Gasteiger partial charge in [-0.1, -0.05) is 38.1 Å². The maximum Gasteiger partial charge on any atom is 0.223 e. The highest BCUT2D eigenvalue weighted by molar-refractivity contribution is 7.85. The van der Waals surface area contributed by atoms with Gasteiger partial charge in [-0.2, -0.15) is 0 Å². The van der Waals surface area contributed by atoms with Crippen molar-refractivity contribution in [1.29, 1.82) is 0 Å². The van der Waals surface area contributed by atoms with E-state index in [1.54, 1.807) is 0 Å². The lowest BCUT2D eigenvalue weighted by Crippen LogP contribution is -2.41. The van der Waals surface area contributed by atoms with Gasteiger partial charge < -0.3 is 4.90 Å². The molecule has 0 radical (unpaired) electrons. The summed E-state index contributed by atoms with van der Waals surface area (Å²) in [6.45, 7) is 4.26. The fourth-order valence-electron chi connectivity index (χ4n) is 2.98. The van der Waals surface area contributed by atoms with Crippen molar-refractivity contribution in [2.24, 2.45) is 0 Å². The largest absolute Gasteiger partial charge is 0.343 e. The van der Waals surface area contributed by atoms with Crippen LogP contribution in [0.5, 0.6) is 0 Å². The van der Waals surface area contributed by atoms with Gasteiger partial charge in [0.1, 0.15) is 0 Å². The third kappa shape index (κ3) is 4.42. The summed E-state index contributed by atoms with van der Waals surface area (Å²) < 4.78 is 11.4. The molecule has 4 heteroatoms. The minimum absolute atomic E-state index is 0.199. The molecule has 0 aromatic heterocycles. The molecule has 1 aromatic carbocycles. The molecular formula is C18H27NO2S. The Hall–Kier alpha value is -1.16. The predicted molar refractivity (Wildman–Crippen MR) is 92.5 cm³/mol. The third-order valence-corrected chi connectivity index (χ3v) is 6.12. The van der Waals surface area contributed by atoms with Crippen molar-refractivity contribution in [2.45, 2.75) is 51.5 Å². The van der Waals surface area contributed by atoms with E-state index >= 15 is 0 Å². The first-order valence-corrected chi connectivity index (χ1v) is 9.69. The van der Waals surface area contributed by atoms with Gasteiger partial charge >= 0.3 is 0 Å². The Morgan fingerprint density at radius 1 is 1.27 bits per heavy atom. The summed E-state index contributed by atoms with van der Waals surface area (Å²) in [4.78, 5) is 14.4. The van der Waals surface area contributed by atoms with E-state index in [-0.39, 0.29) is 17.9 Å². The molecule has 0 spiro atoms. The van der Waals surface area contributed by atoms with E-state index in [1.165, 1.54) is 11.1 Å². The first-order valence-electron chi connectivity index (χ1n) is 8.20. The van der Waals surface area contributed by atoms with Crippen LogP contribution in [0, 0.1) is 0 Å². The summed E-state index contributed by atoms with van der Waals surface area (Å²) in [5.41, 5.74) is 2.55. The highest BCUT2D eigenvalue weighted by Gasteiger charge is 2.25. The quantitative estimate of drug-likeness (QED) is 0.835. The zero-order chi connectivity index (χ0) is 16.1. The monoisotopic (exact) mass is 321 g/mol. The summed E-state index contributed by atoms with van der Waals surface area (Å²) in [5.74, 6) is 1.90. The Balaban J connectivity index is 1.90. The molecule has 0 bridgehead atoms. The molecule has 1 fully saturated rings. The van der Waals surface area contributed by atoms with Gasteiger partial charge in [0.15, 0.2) is 0 Å². The molecule has 0 saturated carbocycles. The number of amides is 1. The predicted octanol–water partition coefficient (Wildman–Crippen LogP) is 3.11. The van der Waals surface area contributed by atoms with Crippen molar-refractivity contribution in [3.05, 3.63) is 35.4 Å². The molecule has 0 aliphatic carbocycles. The van der Waals surface area contributed by atoms with Crippen molar-refractivity contribution in [3.8, 4) is 0 Å². The molecule has 1 amide bonds. The van der Waals surface area contributed by atoms with Crippen LogP contribution in [0.1, 0.15) is 50.2 Å². The highest BCUT2D eigenvalue weighted by Crippen LogP contribution is 2.22. The lowest BCUT2D eigenvalue weighted by Gasteiger charge is -2.31. The summed E-state index contributed by atoms with van der Waals surface area (Å²) >= 11 is 0. The first kappa shape index (κ1) is 17.2. The average molecular weight is 321 g/mol. The zero-order valence-electron chi connectivity index (χ0n) is 13.9. The molecule has 2 rings (SSSR count). The molecular weight excluding hydrogens is 294 g/mol. The van der Waals surface area contributed by atoms with Gasteiger partial charge in [-0.05, 0) is 36.3 Å². The Morgan fingerprint density at radius 2 is 1.86 bits per heavy atom. The van der Waals surface area contributed by atoms with Gasteiger partial charge in [-0.15, -0.1) is 0 Å². The average Bonchev–Trinajstić information content (AvgIpc) is 2.54. The van der Waals surface area contributed by atoms with Gasteiger partial charge in [0, 0.05) is 41.8 Å². The number of hydrogen-bond donors (Lipinski definition) is 0. The molecule has 122 valence electrons. The maximum atomic E-state index is 12.5. The maximum absolute atomic E-state index is 12.5. The number of benzene rings is 1. The zero-order valence-corrected chi connectivity index (χ0v) is 14.7. The van der Waals surface area contributed by atoms with Crippen LogP contribution >= 0.6 is 0 Å². The van der Waals surface area contributed by atoms with Crippen LogP contribution in [0.25, 0.3) is 0 Å². The van der Waals surface area contributed by atoms with Crippen LogP contribution in [0.15, 0.2) is 24.3 Å². The number of aryl methyl sites for hydroxylation is 1. The van der Waals surface area contributed by atoms with Crippen LogP contribution < -0.4 is 0 Å². The first-order chi connectivity index (χ1) is 10.5. The van der Waals surface area contributed by atoms with E-state index in [1.807, 2.05) is 11.9 Å². The third-order valence-electron chi connectivity index (χ3n) is 4.74. The molecule has 1 heterocycles. The van der Waals surface area contributed by atoms with E-state index in [9.17, 15) is 9.00 Å². The van der Waals surface area contributed by atoms with Crippen LogP contribution in [0.2, 0.25) is 0 Å². The highest BCUT2D eigenvalue weighted by atomic mass is 32.2. The van der Waals surface area contributed by atoms with E-state index in [0.29, 0.717) is 6.42 Å². The summed E-state index contributed by atoms with van der Waals surface area (Å²) in [6.07, 6.45) is 3.32. The Labute approximate surface area is 136 Å². The molecule has 1 aromatic rings. The van der Waals surface area contributed by atoms with E-state index < -0.39 is 10.8 Å². The molecule has 22 heavy (non-hydrogen) atoms. The Morgan fingerprint density at radius 3 is 2.41 bits per heavy atom. The molecule has 1 aliphatic heterocycles. The summed E-state index contributed by atoms with van der Waals surface area (Å²) in [5, 5.41) is 0. The minimum atomic E-state index is -0.672. The van der Waals surface area contributed by atoms with Gasteiger partial charge in [0.05, 0.1) is 0 Å². The van der Waals surface area contributed by atoms with Crippen LogP contribution in [-0.4, -0.2) is 39.6 Å². The van der Waals surface area contributed by atoms with Crippen molar-refractivity contribution in [3.63, 3.8) is 0 Å². The molecule has 0 N–H and O–H groups in total. The SMILES string of the molecule is CCc1ccc([C@H](C)CC(=O)N(C)C2CCS(=O)CC2)cc1. The van der Waals surface area contributed by atoms with Crippen molar-refractivity contribution in [2.75, 3.05) is 18.6 Å². The standard InChI is InChI=1S/C18H27NO2S/c1-4-15-5-7-16(8-6-15)14(2)13-18(20)19(3)17-9-11-22(21)12-10-17/h5-8,14,17H,4,9-13H2,1-3H3/t14-,17?,22?/m1/s1. The lowest BCUT2D eigenvalue weighted by molar-refractivity contribution is -0.132. The van der Waals surface area contributed by atoms with E-state index in [0.717, 1.165) is 30.8 Å². The molecule has 3 nitrogen and oxygen atoms in total. The van der Waals surface area contributed by atoms with Crippen LogP contribution in [0.3, 0.4) is 0 Å². The van der Waals surface area contributed by atoms with Gasteiger partial charge in [-0.25, -0.2) is 0 Å². The summed E-state index contributed by atoms with van der Waals surface area (Å²) in [6, 6.07) is 8.84. The minimum Gasteiger partial charge on any atom is -0.343 e. The normalized spacial score (nSPS) is 23.0. The lowest BCUT2D eigenvalue weighted by atomic mass is 9.95. The molecule has 1 atom stereocenters. The van der Waals surface area contributed by atoms with Crippen molar-refractivity contribution >= 4 is 16.7 Å². The Kier molecular flexibility index (Phi) is 6.18. The molecule has 0 unspecified atom stereocenters.